The predicted octanol–water partition coefficient (Wildman–Crippen LogP) is 0.369. The summed E-state index contributed by atoms with van der Waals surface area (Å²) < 4.78 is 31.9. The van der Waals surface area contributed by atoms with Crippen LogP contribution in [0.3, 0.4) is 0 Å². The Morgan fingerprint density at radius 3 is 2.41 bits per heavy atom. The summed E-state index contributed by atoms with van der Waals surface area (Å²) in [6.45, 7) is 6.07. The highest BCUT2D eigenvalue weighted by molar-refractivity contribution is 7.89. The van der Waals surface area contributed by atoms with Crippen LogP contribution in [0, 0.1) is 19.8 Å². The van der Waals surface area contributed by atoms with Crippen molar-refractivity contribution in [2.45, 2.75) is 37.7 Å². The molecule has 0 aromatic carbocycles. The zero-order valence-corrected chi connectivity index (χ0v) is 13.8. The molecular weight excluding hydrogens is 306 g/mol. The van der Waals surface area contributed by atoms with Gasteiger partial charge in [0.1, 0.15) is 10.6 Å². The molecule has 1 aliphatic carbocycles. The van der Waals surface area contributed by atoms with E-state index in [9.17, 15) is 13.5 Å². The predicted molar refractivity (Wildman–Crippen MR) is 79.9 cm³/mol. The van der Waals surface area contributed by atoms with Gasteiger partial charge in [0.25, 0.3) is 0 Å². The van der Waals surface area contributed by atoms with Gasteiger partial charge in [-0.15, -0.1) is 0 Å². The van der Waals surface area contributed by atoms with E-state index < -0.39 is 10.0 Å². The maximum Gasteiger partial charge on any atom is 0.248 e. The second-order valence-corrected chi connectivity index (χ2v) is 8.14. The molecule has 0 unspecified atom stereocenters. The van der Waals surface area contributed by atoms with Crippen molar-refractivity contribution in [3.05, 3.63) is 11.5 Å². The van der Waals surface area contributed by atoms with Gasteiger partial charge in [0.2, 0.25) is 10.0 Å². The minimum absolute atomic E-state index is 0.193. The average Bonchev–Trinajstić information content (AvgIpc) is 3.25. The van der Waals surface area contributed by atoms with Gasteiger partial charge in [-0.3, -0.25) is 4.90 Å². The van der Waals surface area contributed by atoms with Crippen LogP contribution in [0.25, 0.3) is 0 Å². The first-order valence-electron chi connectivity index (χ1n) is 7.73. The van der Waals surface area contributed by atoms with E-state index in [1.807, 2.05) is 0 Å². The Morgan fingerprint density at radius 1 is 1.27 bits per heavy atom. The zero-order valence-electron chi connectivity index (χ0n) is 13.0. The molecule has 1 atom stereocenters. The van der Waals surface area contributed by atoms with Crippen LogP contribution in [0.15, 0.2) is 9.42 Å². The number of aliphatic hydroxyl groups is 1. The van der Waals surface area contributed by atoms with E-state index in [1.54, 1.807) is 13.8 Å². The van der Waals surface area contributed by atoms with Gasteiger partial charge >= 0.3 is 0 Å². The van der Waals surface area contributed by atoms with Crippen molar-refractivity contribution in [3.8, 4) is 0 Å². The molecule has 2 aliphatic rings. The van der Waals surface area contributed by atoms with Crippen molar-refractivity contribution < 1.29 is 18.0 Å². The quantitative estimate of drug-likeness (QED) is 0.840. The van der Waals surface area contributed by atoms with E-state index in [-0.39, 0.29) is 11.0 Å². The average molecular weight is 329 g/mol. The summed E-state index contributed by atoms with van der Waals surface area (Å²) >= 11 is 0. The van der Waals surface area contributed by atoms with Crippen LogP contribution >= 0.6 is 0 Å². The van der Waals surface area contributed by atoms with Gasteiger partial charge in [-0.1, -0.05) is 5.16 Å². The Morgan fingerprint density at radius 2 is 1.91 bits per heavy atom. The lowest BCUT2D eigenvalue weighted by Crippen LogP contribution is -2.50. The normalized spacial score (nSPS) is 22.9. The standard InChI is InChI=1S/C14H23N3O4S/c1-10-14(11(2)21-15-10)22(19,20)17-7-5-16(6-8-17)9-13(18)12-3-4-12/h12-13,18H,3-9H2,1-2H3/t13-/m0/s1. The van der Waals surface area contributed by atoms with E-state index in [1.165, 1.54) is 4.31 Å². The lowest BCUT2D eigenvalue weighted by molar-refractivity contribution is 0.0782. The molecule has 124 valence electrons. The largest absolute Gasteiger partial charge is 0.392 e. The lowest BCUT2D eigenvalue weighted by atomic mass is 10.2. The van der Waals surface area contributed by atoms with E-state index in [2.05, 4.69) is 10.1 Å². The molecule has 2 fully saturated rings. The number of hydrogen-bond donors (Lipinski definition) is 1. The van der Waals surface area contributed by atoms with Crippen molar-refractivity contribution in [3.63, 3.8) is 0 Å². The van der Waals surface area contributed by atoms with Gasteiger partial charge < -0.3 is 9.63 Å². The Balaban J connectivity index is 1.63. The van der Waals surface area contributed by atoms with Crippen LogP contribution in [0.1, 0.15) is 24.3 Å². The molecule has 8 heteroatoms. The third-order valence-electron chi connectivity index (χ3n) is 4.51. The SMILES string of the molecule is Cc1noc(C)c1S(=O)(=O)N1CCN(C[C@H](O)C2CC2)CC1. The fourth-order valence-corrected chi connectivity index (χ4v) is 4.73. The second kappa shape index (κ2) is 5.92. The molecule has 7 nitrogen and oxygen atoms in total. The molecule has 1 saturated heterocycles. The van der Waals surface area contributed by atoms with E-state index in [0.29, 0.717) is 50.1 Å². The van der Waals surface area contributed by atoms with Gasteiger partial charge in [-0.25, -0.2) is 8.42 Å². The highest BCUT2D eigenvalue weighted by Crippen LogP contribution is 2.33. The molecule has 0 bridgehead atoms. The molecule has 0 radical (unpaired) electrons. The molecular formula is C14H23N3O4S. The number of β-amino-alcohol motifs (C(OH)–C–C–N with tert-alkyl or cyclic N) is 1. The first kappa shape index (κ1) is 15.9. The van der Waals surface area contributed by atoms with Gasteiger partial charge in [0.15, 0.2) is 5.76 Å². The minimum atomic E-state index is -3.55. The van der Waals surface area contributed by atoms with Crippen LogP contribution in [0.2, 0.25) is 0 Å². The summed E-state index contributed by atoms with van der Waals surface area (Å²) in [6.07, 6.45) is 1.95. The zero-order chi connectivity index (χ0) is 15.9. The fourth-order valence-electron chi connectivity index (χ4n) is 3.02. The third-order valence-corrected chi connectivity index (χ3v) is 6.65. The number of aliphatic hydroxyl groups excluding tert-OH is 1. The van der Waals surface area contributed by atoms with Gasteiger partial charge in [0.05, 0.1) is 6.10 Å². The van der Waals surface area contributed by atoms with E-state index in [0.717, 1.165) is 12.8 Å². The molecule has 1 N–H and O–H groups in total. The van der Waals surface area contributed by atoms with Crippen LogP contribution in [0.4, 0.5) is 0 Å². The Bertz CT molecular complexity index is 611. The molecule has 1 aromatic heterocycles. The molecule has 0 spiro atoms. The van der Waals surface area contributed by atoms with E-state index >= 15 is 0 Å². The fraction of sp³-hybridized carbons (Fsp3) is 0.786. The second-order valence-electron chi connectivity index (χ2n) is 6.26. The first-order valence-corrected chi connectivity index (χ1v) is 9.17. The molecule has 1 aromatic rings. The van der Waals surface area contributed by atoms with Crippen molar-refractivity contribution in [1.82, 2.24) is 14.4 Å². The van der Waals surface area contributed by atoms with Crippen LogP contribution in [0.5, 0.6) is 0 Å². The molecule has 2 heterocycles. The maximum atomic E-state index is 12.7. The van der Waals surface area contributed by atoms with Crippen molar-refractivity contribution in [2.75, 3.05) is 32.7 Å². The smallest absolute Gasteiger partial charge is 0.248 e. The Hall–Kier alpha value is -0.960. The van der Waals surface area contributed by atoms with Crippen molar-refractivity contribution in [1.29, 1.82) is 0 Å². The highest BCUT2D eigenvalue weighted by atomic mass is 32.2. The molecule has 22 heavy (non-hydrogen) atoms. The van der Waals surface area contributed by atoms with Crippen molar-refractivity contribution in [2.24, 2.45) is 5.92 Å². The number of rotatable bonds is 5. The number of nitrogens with zero attached hydrogens (tertiary/aromatic N) is 3. The van der Waals surface area contributed by atoms with E-state index in [4.69, 9.17) is 4.52 Å². The van der Waals surface area contributed by atoms with Crippen LogP contribution in [-0.2, 0) is 10.0 Å². The summed E-state index contributed by atoms with van der Waals surface area (Å²) in [5, 5.41) is 13.7. The number of aromatic nitrogens is 1. The van der Waals surface area contributed by atoms with Crippen LogP contribution < -0.4 is 0 Å². The summed E-state index contributed by atoms with van der Waals surface area (Å²) in [4.78, 5) is 2.33. The van der Waals surface area contributed by atoms with Gasteiger partial charge in [-0.05, 0) is 32.6 Å². The topological polar surface area (TPSA) is 86.9 Å². The summed E-state index contributed by atoms with van der Waals surface area (Å²) in [5.74, 6) is 0.785. The maximum absolute atomic E-state index is 12.7. The summed E-state index contributed by atoms with van der Waals surface area (Å²) in [6, 6.07) is 0. The molecule has 1 aliphatic heterocycles. The highest BCUT2D eigenvalue weighted by Gasteiger charge is 2.35. The Labute approximate surface area is 130 Å². The monoisotopic (exact) mass is 329 g/mol. The van der Waals surface area contributed by atoms with Gasteiger partial charge in [-0.2, -0.15) is 4.31 Å². The molecule has 1 saturated carbocycles. The molecule has 3 rings (SSSR count). The number of hydrogen-bond acceptors (Lipinski definition) is 6. The lowest BCUT2D eigenvalue weighted by Gasteiger charge is -2.34. The Kier molecular flexibility index (Phi) is 4.28. The van der Waals surface area contributed by atoms with Gasteiger partial charge in [0, 0.05) is 32.7 Å². The third kappa shape index (κ3) is 3.05. The first-order chi connectivity index (χ1) is 10.4. The molecule has 0 amide bonds. The van der Waals surface area contributed by atoms with Crippen molar-refractivity contribution >= 4 is 10.0 Å². The van der Waals surface area contributed by atoms with Crippen LogP contribution in [-0.4, -0.2) is 66.7 Å². The summed E-state index contributed by atoms with van der Waals surface area (Å²) in [7, 11) is -3.55. The number of sulfonamides is 1. The number of piperazine rings is 1. The number of aryl methyl sites for hydroxylation is 2. The summed E-state index contributed by atoms with van der Waals surface area (Å²) in [5.41, 5.74) is 0.407. The minimum Gasteiger partial charge on any atom is -0.392 e.